The molecule has 0 aliphatic carbocycles. The summed E-state index contributed by atoms with van der Waals surface area (Å²) in [4.78, 5) is 42.0. The fourth-order valence-electron chi connectivity index (χ4n) is 4.36. The monoisotopic (exact) mass is 492 g/mol. The summed E-state index contributed by atoms with van der Waals surface area (Å²) in [5.74, 6) is 2.13. The fourth-order valence-corrected chi connectivity index (χ4v) is 5.00. The summed E-state index contributed by atoms with van der Waals surface area (Å²) in [5.41, 5.74) is 0.561. The molecule has 1 aromatic carbocycles. The van der Waals surface area contributed by atoms with E-state index in [1.165, 1.54) is 0 Å². The van der Waals surface area contributed by atoms with Crippen molar-refractivity contribution in [2.24, 2.45) is 0 Å². The van der Waals surface area contributed by atoms with Gasteiger partial charge in [0.05, 0.1) is 15.8 Å². The predicted octanol–water partition coefficient (Wildman–Crippen LogP) is 3.13. The van der Waals surface area contributed by atoms with E-state index in [9.17, 15) is 9.59 Å². The molecule has 0 unspecified atom stereocenters. The molecule has 1 amide bonds. The number of para-hydroxylation sites is 1. The largest absolute Gasteiger partial charge is 0.340 e. The number of aromatic amines is 1. The molecule has 0 spiro atoms. The van der Waals surface area contributed by atoms with E-state index in [1.54, 1.807) is 17.4 Å². The maximum Gasteiger partial charge on any atom is 0.258 e. The van der Waals surface area contributed by atoms with Crippen LogP contribution in [0.2, 0.25) is 0 Å². The predicted molar refractivity (Wildman–Crippen MR) is 134 cm³/mol. The summed E-state index contributed by atoms with van der Waals surface area (Å²) in [6, 6.07) is 11.3. The third-order valence-corrected chi connectivity index (χ3v) is 7.13. The molecular formula is C25H28N6O3S. The first-order valence-corrected chi connectivity index (χ1v) is 12.9. The zero-order chi connectivity index (χ0) is 24.0. The minimum atomic E-state index is -0.130. The molecule has 9 nitrogen and oxygen atoms in total. The minimum Gasteiger partial charge on any atom is -0.340 e. The highest BCUT2D eigenvalue weighted by Gasteiger charge is 2.21. The van der Waals surface area contributed by atoms with E-state index in [0.717, 1.165) is 50.4 Å². The van der Waals surface area contributed by atoms with E-state index in [-0.39, 0.29) is 11.5 Å². The number of amides is 1. The third kappa shape index (κ3) is 5.83. The quantitative estimate of drug-likeness (QED) is 0.382. The summed E-state index contributed by atoms with van der Waals surface area (Å²) in [5, 5.41) is 6.65. The summed E-state index contributed by atoms with van der Waals surface area (Å²) >= 11 is 1.60. The van der Waals surface area contributed by atoms with Crippen LogP contribution in [0, 0.1) is 0 Å². The topological polar surface area (TPSA) is 108 Å². The average Bonchev–Trinajstić information content (AvgIpc) is 3.57. The number of benzene rings is 1. The second kappa shape index (κ2) is 10.9. The van der Waals surface area contributed by atoms with Crippen molar-refractivity contribution in [2.75, 3.05) is 32.7 Å². The molecule has 10 heteroatoms. The molecule has 5 rings (SSSR count). The molecule has 4 aromatic rings. The van der Waals surface area contributed by atoms with Crippen molar-refractivity contribution in [1.82, 2.24) is 29.9 Å². The van der Waals surface area contributed by atoms with Gasteiger partial charge < -0.3 is 14.4 Å². The molecule has 0 atom stereocenters. The zero-order valence-electron chi connectivity index (χ0n) is 19.5. The van der Waals surface area contributed by atoms with Crippen LogP contribution >= 0.6 is 11.3 Å². The van der Waals surface area contributed by atoms with E-state index in [1.807, 2.05) is 40.6 Å². The molecule has 1 aliphatic heterocycles. The van der Waals surface area contributed by atoms with E-state index in [4.69, 9.17) is 4.52 Å². The van der Waals surface area contributed by atoms with Crippen LogP contribution in [0.1, 0.15) is 31.0 Å². The Balaban J connectivity index is 1.01. The lowest BCUT2D eigenvalue weighted by Gasteiger charge is -2.34. The number of nitrogens with one attached hydrogen (secondary N) is 1. The zero-order valence-corrected chi connectivity index (χ0v) is 20.3. The Kier molecular flexibility index (Phi) is 7.29. The minimum absolute atomic E-state index is 0.130. The highest BCUT2D eigenvalue weighted by Crippen LogP contribution is 2.21. The van der Waals surface area contributed by atoms with E-state index >= 15 is 0 Å². The first-order valence-electron chi connectivity index (χ1n) is 12.0. The first kappa shape index (κ1) is 23.4. The highest BCUT2D eigenvalue weighted by molar-refractivity contribution is 7.13. The third-order valence-electron chi connectivity index (χ3n) is 6.27. The van der Waals surface area contributed by atoms with Gasteiger partial charge in [0, 0.05) is 45.4 Å². The molecule has 0 bridgehead atoms. The lowest BCUT2D eigenvalue weighted by molar-refractivity contribution is -0.133. The number of carbonyl (C=O) groups excluding carboxylic acids is 1. The number of hydrogen-bond acceptors (Lipinski definition) is 8. The number of fused-ring (bicyclic) bond motifs is 1. The van der Waals surface area contributed by atoms with Gasteiger partial charge in [-0.15, -0.1) is 11.3 Å². The second-order valence-corrected chi connectivity index (χ2v) is 9.65. The average molecular weight is 493 g/mol. The van der Waals surface area contributed by atoms with E-state index in [2.05, 4.69) is 25.0 Å². The van der Waals surface area contributed by atoms with Gasteiger partial charge in [0.25, 0.3) is 5.56 Å². The van der Waals surface area contributed by atoms with Crippen LogP contribution in [0.5, 0.6) is 0 Å². The summed E-state index contributed by atoms with van der Waals surface area (Å²) in [6.45, 7) is 4.17. The number of aryl methyl sites for hydroxylation is 2. The number of H-pyrrole nitrogens is 1. The maximum atomic E-state index is 12.7. The van der Waals surface area contributed by atoms with Crippen molar-refractivity contribution in [3.63, 3.8) is 0 Å². The molecule has 182 valence electrons. The van der Waals surface area contributed by atoms with Gasteiger partial charge in [-0.3, -0.25) is 14.5 Å². The number of rotatable bonds is 9. The van der Waals surface area contributed by atoms with Gasteiger partial charge >= 0.3 is 0 Å². The standard InChI is InChI=1S/C25H28N6O3S/c32-23(11-3-9-21-26-19-7-2-1-6-18(19)25(33)27-21)31-15-13-30(14-16-31)12-4-10-22-28-24(29-34-22)20-8-5-17-35-20/h1-2,5-8,17H,3-4,9-16H2,(H,26,27,33). The number of thiophene rings is 1. The highest BCUT2D eigenvalue weighted by atomic mass is 32.1. The molecule has 0 saturated carbocycles. The van der Waals surface area contributed by atoms with Crippen molar-refractivity contribution in [2.45, 2.75) is 32.1 Å². The SMILES string of the molecule is O=C(CCCc1nc2ccccc2c(=O)[nH]1)N1CCN(CCCc2nc(-c3cccs3)no2)CC1. The van der Waals surface area contributed by atoms with Gasteiger partial charge in [0.1, 0.15) is 5.82 Å². The van der Waals surface area contributed by atoms with Crippen molar-refractivity contribution in [3.8, 4) is 10.7 Å². The fraction of sp³-hybridized carbons (Fsp3) is 0.400. The molecule has 1 fully saturated rings. The van der Waals surface area contributed by atoms with Gasteiger partial charge in [-0.2, -0.15) is 4.98 Å². The Morgan fingerprint density at radius 1 is 1.03 bits per heavy atom. The Morgan fingerprint density at radius 3 is 2.71 bits per heavy atom. The van der Waals surface area contributed by atoms with Crippen molar-refractivity contribution < 1.29 is 9.32 Å². The van der Waals surface area contributed by atoms with Crippen LogP contribution < -0.4 is 5.56 Å². The molecule has 35 heavy (non-hydrogen) atoms. The molecule has 3 aromatic heterocycles. The Labute approximate surface area is 206 Å². The molecular weight excluding hydrogens is 464 g/mol. The van der Waals surface area contributed by atoms with Crippen LogP contribution in [-0.4, -0.2) is 68.5 Å². The number of hydrogen-bond donors (Lipinski definition) is 1. The van der Waals surface area contributed by atoms with E-state index in [0.29, 0.717) is 47.7 Å². The van der Waals surface area contributed by atoms with Crippen molar-refractivity contribution in [1.29, 1.82) is 0 Å². The van der Waals surface area contributed by atoms with Gasteiger partial charge in [0.2, 0.25) is 17.6 Å². The van der Waals surface area contributed by atoms with Gasteiger partial charge in [-0.25, -0.2) is 4.98 Å². The smallest absolute Gasteiger partial charge is 0.258 e. The van der Waals surface area contributed by atoms with Crippen molar-refractivity contribution >= 4 is 28.1 Å². The second-order valence-electron chi connectivity index (χ2n) is 8.70. The van der Waals surface area contributed by atoms with Crippen molar-refractivity contribution in [3.05, 3.63) is 63.8 Å². The molecule has 4 heterocycles. The normalized spacial score (nSPS) is 14.6. The molecule has 1 saturated heterocycles. The summed E-state index contributed by atoms with van der Waals surface area (Å²) < 4.78 is 5.37. The number of nitrogens with zero attached hydrogens (tertiary/aromatic N) is 5. The Bertz CT molecular complexity index is 1320. The Hall–Kier alpha value is -3.37. The lowest BCUT2D eigenvalue weighted by Crippen LogP contribution is -2.48. The first-order chi connectivity index (χ1) is 17.2. The van der Waals surface area contributed by atoms with Gasteiger partial charge in [-0.1, -0.05) is 23.4 Å². The number of piperazine rings is 1. The lowest BCUT2D eigenvalue weighted by atomic mass is 10.2. The van der Waals surface area contributed by atoms with Gasteiger partial charge in [0.15, 0.2) is 0 Å². The maximum absolute atomic E-state index is 12.7. The number of aromatic nitrogens is 4. The Morgan fingerprint density at radius 2 is 1.89 bits per heavy atom. The summed E-state index contributed by atoms with van der Waals surface area (Å²) in [7, 11) is 0. The van der Waals surface area contributed by atoms with Crippen LogP contribution in [0.25, 0.3) is 21.6 Å². The van der Waals surface area contributed by atoms with Crippen LogP contribution in [0.4, 0.5) is 0 Å². The van der Waals surface area contributed by atoms with Crippen LogP contribution in [0.15, 0.2) is 51.1 Å². The van der Waals surface area contributed by atoms with Crippen LogP contribution in [0.3, 0.4) is 0 Å². The summed E-state index contributed by atoms with van der Waals surface area (Å²) in [6.07, 6.45) is 3.40. The van der Waals surface area contributed by atoms with Crippen LogP contribution in [-0.2, 0) is 17.6 Å². The molecule has 1 N–H and O–H groups in total. The van der Waals surface area contributed by atoms with E-state index < -0.39 is 0 Å². The van der Waals surface area contributed by atoms with Gasteiger partial charge in [-0.05, 0) is 43.0 Å². The number of carbonyl (C=O) groups is 1. The molecule has 1 aliphatic rings. The molecule has 0 radical (unpaired) electrons.